The van der Waals surface area contributed by atoms with Crippen LogP contribution in [0.3, 0.4) is 0 Å². The Hall–Kier alpha value is -0.830. The van der Waals surface area contributed by atoms with Gasteiger partial charge in [-0.05, 0) is 24.8 Å². The topological polar surface area (TPSA) is 69.1 Å². The molecule has 0 spiro atoms. The third-order valence-electron chi connectivity index (χ3n) is 2.04. The highest BCUT2D eigenvalue weighted by atomic mass is 16.1. The molecule has 0 aliphatic carbocycles. The van der Waals surface area contributed by atoms with Crippen LogP contribution in [0.1, 0.15) is 34.6 Å². The van der Waals surface area contributed by atoms with Gasteiger partial charge in [0.2, 0.25) is 5.91 Å². The van der Waals surface area contributed by atoms with Gasteiger partial charge in [-0.2, -0.15) is 0 Å². The van der Waals surface area contributed by atoms with E-state index in [9.17, 15) is 4.79 Å². The lowest BCUT2D eigenvalue weighted by atomic mass is 9.80. The van der Waals surface area contributed by atoms with Gasteiger partial charge < -0.3 is 11.5 Å². The summed E-state index contributed by atoms with van der Waals surface area (Å²) in [6, 6.07) is -0.132. The maximum absolute atomic E-state index is 11.0. The summed E-state index contributed by atoms with van der Waals surface area (Å²) >= 11 is 0. The molecule has 1 atom stereocenters. The van der Waals surface area contributed by atoms with Crippen molar-refractivity contribution in [3.05, 3.63) is 11.1 Å². The Bertz CT molecular complexity index is 234. The molecule has 1 amide bonds. The molecule has 4 N–H and O–H groups in total. The Kier molecular flexibility index (Phi) is 3.67. The number of amides is 1. The fourth-order valence-electron chi connectivity index (χ4n) is 1.72. The highest BCUT2D eigenvalue weighted by molar-refractivity contribution is 5.92. The lowest BCUT2D eigenvalue weighted by Gasteiger charge is -2.28. The molecule has 13 heavy (non-hydrogen) atoms. The van der Waals surface area contributed by atoms with Crippen LogP contribution < -0.4 is 11.5 Å². The summed E-state index contributed by atoms with van der Waals surface area (Å²) in [6.07, 6.45) is 0. The zero-order valence-corrected chi connectivity index (χ0v) is 9.14. The van der Waals surface area contributed by atoms with Crippen molar-refractivity contribution in [2.45, 2.75) is 40.7 Å². The summed E-state index contributed by atoms with van der Waals surface area (Å²) in [5.41, 5.74) is 12.4. The largest absolute Gasteiger partial charge is 0.366 e. The number of hydrogen-bond acceptors (Lipinski definition) is 2. The predicted octanol–water partition coefficient (Wildman–Crippen LogP) is 1.18. The number of hydrogen-bond donors (Lipinski definition) is 2. The number of primary amides is 1. The minimum Gasteiger partial charge on any atom is -0.366 e. The van der Waals surface area contributed by atoms with Crippen LogP contribution in [0.4, 0.5) is 0 Å². The Morgan fingerprint density at radius 3 is 1.77 bits per heavy atom. The molecule has 76 valence electrons. The second kappa shape index (κ2) is 3.92. The minimum atomic E-state index is -0.387. The van der Waals surface area contributed by atoms with E-state index in [1.54, 1.807) is 6.92 Å². The number of nitrogens with two attached hydrogens (primary N) is 2. The fraction of sp³-hybridized carbons (Fsp3) is 0.700. The molecular formula is C10H20N2O. The lowest BCUT2D eigenvalue weighted by molar-refractivity contribution is -0.114. The Labute approximate surface area is 80.2 Å². The maximum Gasteiger partial charge on any atom is 0.244 e. The average Bonchev–Trinajstić information content (AvgIpc) is 1.82. The molecule has 0 aromatic heterocycles. The highest BCUT2D eigenvalue weighted by Gasteiger charge is 2.24. The van der Waals surface area contributed by atoms with Gasteiger partial charge in [-0.3, -0.25) is 4.79 Å². The van der Waals surface area contributed by atoms with Crippen LogP contribution in [-0.4, -0.2) is 11.9 Å². The molecular weight excluding hydrogens is 164 g/mol. The van der Waals surface area contributed by atoms with Crippen LogP contribution in [0.15, 0.2) is 11.1 Å². The molecule has 0 rings (SSSR count). The molecule has 0 aliphatic heterocycles. The maximum atomic E-state index is 11.0. The molecule has 0 aromatic rings. The number of rotatable bonds is 2. The normalized spacial score (nSPS) is 16.5. The van der Waals surface area contributed by atoms with Crippen molar-refractivity contribution in [2.24, 2.45) is 16.9 Å². The predicted molar refractivity (Wildman–Crippen MR) is 55.0 cm³/mol. The zero-order valence-electron chi connectivity index (χ0n) is 9.14. The first kappa shape index (κ1) is 12.2. The molecule has 0 aliphatic rings. The van der Waals surface area contributed by atoms with E-state index in [1.807, 2.05) is 27.7 Å². The van der Waals surface area contributed by atoms with Crippen molar-refractivity contribution in [1.29, 1.82) is 0 Å². The Morgan fingerprint density at radius 2 is 1.69 bits per heavy atom. The smallest absolute Gasteiger partial charge is 0.244 e. The summed E-state index contributed by atoms with van der Waals surface area (Å²) in [7, 11) is 0. The van der Waals surface area contributed by atoms with Gasteiger partial charge in [0.25, 0.3) is 0 Å². The van der Waals surface area contributed by atoms with Crippen molar-refractivity contribution in [2.75, 3.05) is 0 Å². The van der Waals surface area contributed by atoms with Crippen LogP contribution >= 0.6 is 0 Å². The van der Waals surface area contributed by atoms with E-state index in [-0.39, 0.29) is 17.4 Å². The molecule has 0 aromatic carbocycles. The zero-order chi connectivity index (χ0) is 10.8. The quantitative estimate of drug-likeness (QED) is 0.633. The van der Waals surface area contributed by atoms with Crippen LogP contribution in [0.2, 0.25) is 0 Å². The monoisotopic (exact) mass is 184 g/mol. The molecule has 3 heteroatoms. The van der Waals surface area contributed by atoms with Crippen molar-refractivity contribution in [3.8, 4) is 0 Å². The van der Waals surface area contributed by atoms with Crippen LogP contribution in [0, 0.1) is 5.41 Å². The summed E-state index contributed by atoms with van der Waals surface area (Å²) < 4.78 is 0. The highest BCUT2D eigenvalue weighted by Crippen LogP contribution is 2.29. The van der Waals surface area contributed by atoms with Gasteiger partial charge in [-0.25, -0.2) is 0 Å². The lowest BCUT2D eigenvalue weighted by Crippen LogP contribution is -2.31. The second-order valence-electron chi connectivity index (χ2n) is 4.44. The van der Waals surface area contributed by atoms with Gasteiger partial charge in [-0.15, -0.1) is 0 Å². The summed E-state index contributed by atoms with van der Waals surface area (Å²) in [5, 5.41) is 0. The van der Waals surface area contributed by atoms with E-state index in [0.717, 1.165) is 5.57 Å². The van der Waals surface area contributed by atoms with Crippen LogP contribution in [0.25, 0.3) is 0 Å². The van der Waals surface area contributed by atoms with Gasteiger partial charge in [0.15, 0.2) is 0 Å². The van der Waals surface area contributed by atoms with E-state index in [4.69, 9.17) is 11.5 Å². The van der Waals surface area contributed by atoms with E-state index in [0.29, 0.717) is 5.57 Å². The summed E-state index contributed by atoms with van der Waals surface area (Å²) in [4.78, 5) is 11.0. The number of carbonyl (C=O) groups is 1. The second-order valence-corrected chi connectivity index (χ2v) is 4.44. The first-order valence-corrected chi connectivity index (χ1v) is 4.44. The van der Waals surface area contributed by atoms with Gasteiger partial charge in [0, 0.05) is 11.6 Å². The van der Waals surface area contributed by atoms with Gasteiger partial charge in [0.1, 0.15) is 0 Å². The summed E-state index contributed by atoms with van der Waals surface area (Å²) in [5.74, 6) is -0.387. The van der Waals surface area contributed by atoms with Crippen molar-refractivity contribution >= 4 is 5.91 Å². The van der Waals surface area contributed by atoms with Gasteiger partial charge in [-0.1, -0.05) is 20.8 Å². The van der Waals surface area contributed by atoms with Crippen molar-refractivity contribution < 1.29 is 4.79 Å². The standard InChI is InChI=1S/C10H20N2O/c1-6(9(12)13)8(7(2)11)10(3,4)5/h7H,11H2,1-5H3,(H2,12,13)/b8-6+. The van der Waals surface area contributed by atoms with E-state index in [1.165, 1.54) is 0 Å². The van der Waals surface area contributed by atoms with Crippen LogP contribution in [-0.2, 0) is 4.79 Å². The number of carbonyl (C=O) groups excluding carboxylic acids is 1. The van der Waals surface area contributed by atoms with E-state index < -0.39 is 0 Å². The molecule has 0 saturated heterocycles. The van der Waals surface area contributed by atoms with Gasteiger partial charge >= 0.3 is 0 Å². The SMILES string of the molecule is C/C(C(N)=O)=C(/C(C)N)C(C)(C)C. The molecule has 0 fully saturated rings. The Balaban J connectivity index is 5.26. The minimum absolute atomic E-state index is 0.104. The summed E-state index contributed by atoms with van der Waals surface area (Å²) in [6.45, 7) is 9.67. The average molecular weight is 184 g/mol. The molecule has 1 unspecified atom stereocenters. The molecule has 0 bridgehead atoms. The Morgan fingerprint density at radius 1 is 1.31 bits per heavy atom. The fourth-order valence-corrected chi connectivity index (χ4v) is 1.72. The molecule has 3 nitrogen and oxygen atoms in total. The molecule has 0 saturated carbocycles. The van der Waals surface area contributed by atoms with Crippen molar-refractivity contribution in [3.63, 3.8) is 0 Å². The molecule has 0 heterocycles. The first-order chi connectivity index (χ1) is 5.68. The third-order valence-corrected chi connectivity index (χ3v) is 2.04. The first-order valence-electron chi connectivity index (χ1n) is 4.44. The molecule has 0 radical (unpaired) electrons. The van der Waals surface area contributed by atoms with Crippen LogP contribution in [0.5, 0.6) is 0 Å². The van der Waals surface area contributed by atoms with E-state index in [2.05, 4.69) is 0 Å². The third kappa shape index (κ3) is 3.19. The van der Waals surface area contributed by atoms with E-state index >= 15 is 0 Å². The van der Waals surface area contributed by atoms with Gasteiger partial charge in [0.05, 0.1) is 0 Å². The van der Waals surface area contributed by atoms with Crippen molar-refractivity contribution in [1.82, 2.24) is 0 Å².